The molecule has 0 radical (unpaired) electrons. The number of hydrogen-bond donors (Lipinski definition) is 1. The second kappa shape index (κ2) is 3.59. The van der Waals surface area contributed by atoms with Gasteiger partial charge in [0, 0.05) is 13.2 Å². The summed E-state index contributed by atoms with van der Waals surface area (Å²) < 4.78 is 1.86. The molecule has 2 aromatic rings. The highest BCUT2D eigenvalue weighted by Gasteiger charge is 2.01. The predicted molar refractivity (Wildman–Crippen MR) is 48.3 cm³/mol. The van der Waals surface area contributed by atoms with E-state index < -0.39 is 0 Å². The molecule has 0 bridgehead atoms. The molecule has 0 fully saturated rings. The minimum absolute atomic E-state index is 0.0343. The zero-order chi connectivity index (χ0) is 9.97. The smallest absolute Gasteiger partial charge is 0.102 e. The van der Waals surface area contributed by atoms with Gasteiger partial charge in [0.25, 0.3) is 0 Å². The van der Waals surface area contributed by atoms with Gasteiger partial charge in [0.2, 0.25) is 0 Å². The second-order valence-electron chi connectivity index (χ2n) is 3.02. The van der Waals surface area contributed by atoms with E-state index in [1.165, 1.54) is 4.80 Å². The van der Waals surface area contributed by atoms with Gasteiger partial charge in [-0.25, -0.2) is 4.98 Å². The third-order valence-corrected chi connectivity index (χ3v) is 1.84. The first-order valence-corrected chi connectivity index (χ1v) is 4.24. The van der Waals surface area contributed by atoms with Crippen molar-refractivity contribution in [1.29, 1.82) is 0 Å². The normalized spacial score (nSPS) is 10.7. The molecule has 0 aliphatic carbocycles. The number of nitrogens with zero attached hydrogens (tertiary/aromatic N) is 5. The molecule has 2 rings (SSSR count). The van der Waals surface area contributed by atoms with Crippen LogP contribution in [-0.2, 0) is 20.2 Å². The van der Waals surface area contributed by atoms with Crippen molar-refractivity contribution >= 4 is 0 Å². The Bertz CT molecular complexity index is 419. The van der Waals surface area contributed by atoms with Gasteiger partial charge in [-0.2, -0.15) is 15.0 Å². The van der Waals surface area contributed by atoms with E-state index in [2.05, 4.69) is 15.2 Å². The van der Waals surface area contributed by atoms with Crippen LogP contribution in [0.4, 0.5) is 0 Å². The molecule has 14 heavy (non-hydrogen) atoms. The van der Waals surface area contributed by atoms with E-state index in [4.69, 9.17) is 5.11 Å². The number of rotatable bonds is 3. The molecule has 0 spiro atoms. The van der Waals surface area contributed by atoms with Crippen LogP contribution in [0.1, 0.15) is 11.4 Å². The first-order valence-electron chi connectivity index (χ1n) is 4.24. The van der Waals surface area contributed by atoms with Gasteiger partial charge in [0.15, 0.2) is 0 Å². The maximum Gasteiger partial charge on any atom is 0.102 e. The van der Waals surface area contributed by atoms with E-state index in [9.17, 15) is 0 Å². The van der Waals surface area contributed by atoms with E-state index in [1.807, 2.05) is 4.57 Å². The predicted octanol–water partition coefficient (Wildman–Crippen LogP) is -0.448. The van der Waals surface area contributed by atoms with Crippen LogP contribution in [0, 0.1) is 0 Å². The molecule has 0 amide bonds. The van der Waals surface area contributed by atoms with Crippen molar-refractivity contribution in [2.75, 3.05) is 0 Å². The summed E-state index contributed by atoms with van der Waals surface area (Å²) in [4.78, 5) is 5.51. The zero-order valence-corrected chi connectivity index (χ0v) is 7.83. The fourth-order valence-corrected chi connectivity index (χ4v) is 1.22. The molecule has 6 nitrogen and oxygen atoms in total. The summed E-state index contributed by atoms with van der Waals surface area (Å²) in [5.41, 5.74) is 1.53. The van der Waals surface area contributed by atoms with Gasteiger partial charge in [-0.15, -0.1) is 0 Å². The highest BCUT2D eigenvalue weighted by Crippen LogP contribution is 1.99. The summed E-state index contributed by atoms with van der Waals surface area (Å²) in [7, 11) is 1.77. The highest BCUT2D eigenvalue weighted by atomic mass is 16.3. The van der Waals surface area contributed by atoms with Crippen molar-refractivity contribution in [1.82, 2.24) is 24.5 Å². The molecule has 2 heterocycles. The summed E-state index contributed by atoms with van der Waals surface area (Å²) in [5.74, 6) is 0. The van der Waals surface area contributed by atoms with E-state index in [1.54, 1.807) is 25.8 Å². The van der Waals surface area contributed by atoms with Crippen molar-refractivity contribution in [3.63, 3.8) is 0 Å². The highest BCUT2D eigenvalue weighted by molar-refractivity contribution is 4.99. The maximum atomic E-state index is 8.81. The number of aryl methyl sites for hydroxylation is 1. The molecule has 0 unspecified atom stereocenters. The van der Waals surface area contributed by atoms with Gasteiger partial charge >= 0.3 is 0 Å². The first kappa shape index (κ1) is 8.89. The Labute approximate surface area is 80.8 Å². The van der Waals surface area contributed by atoms with Gasteiger partial charge in [0.1, 0.15) is 5.69 Å². The maximum absolute atomic E-state index is 8.81. The van der Waals surface area contributed by atoms with Crippen molar-refractivity contribution < 1.29 is 5.11 Å². The molecule has 6 heteroatoms. The van der Waals surface area contributed by atoms with Crippen LogP contribution in [0.2, 0.25) is 0 Å². The molecule has 74 valence electrons. The number of aliphatic hydroxyl groups excluding tert-OH is 1. The lowest BCUT2D eigenvalue weighted by molar-refractivity contribution is 0.277. The van der Waals surface area contributed by atoms with Gasteiger partial charge in [0.05, 0.1) is 31.4 Å². The summed E-state index contributed by atoms with van der Waals surface area (Å²) in [6.45, 7) is 0.592. The average Bonchev–Trinajstić information content (AvgIpc) is 2.76. The average molecular weight is 193 g/mol. The minimum atomic E-state index is -0.0343. The summed E-state index contributed by atoms with van der Waals surface area (Å²) in [5, 5.41) is 16.9. The standard InChI is InChI=1S/C8H11N5O/c1-12-10-2-7(11-12)3-13-4-8(5-14)9-6-13/h2,4,6,14H,3,5H2,1H3. The monoisotopic (exact) mass is 193 g/mol. The number of aliphatic hydroxyl groups is 1. The molecule has 0 aliphatic rings. The van der Waals surface area contributed by atoms with Crippen molar-refractivity contribution in [2.45, 2.75) is 13.2 Å². The fourth-order valence-electron chi connectivity index (χ4n) is 1.22. The molecule has 0 atom stereocenters. The lowest BCUT2D eigenvalue weighted by Gasteiger charge is -1.95. The number of imidazole rings is 1. The van der Waals surface area contributed by atoms with Crippen LogP contribution in [0.25, 0.3) is 0 Å². The van der Waals surface area contributed by atoms with E-state index >= 15 is 0 Å². The Morgan fingerprint density at radius 1 is 1.43 bits per heavy atom. The third kappa shape index (κ3) is 1.80. The Balaban J connectivity index is 2.10. The zero-order valence-electron chi connectivity index (χ0n) is 7.83. The van der Waals surface area contributed by atoms with Gasteiger partial charge in [-0.3, -0.25) is 0 Å². The quantitative estimate of drug-likeness (QED) is 0.717. The van der Waals surface area contributed by atoms with Crippen LogP contribution >= 0.6 is 0 Å². The Morgan fingerprint density at radius 2 is 2.29 bits per heavy atom. The lowest BCUT2D eigenvalue weighted by Crippen LogP contribution is -1.99. The SMILES string of the molecule is Cn1ncc(Cn2cnc(CO)c2)n1. The molecular weight excluding hydrogens is 182 g/mol. The van der Waals surface area contributed by atoms with Crippen molar-refractivity contribution in [3.05, 3.63) is 30.1 Å². The third-order valence-electron chi connectivity index (χ3n) is 1.84. The molecule has 2 aromatic heterocycles. The molecular formula is C8H11N5O. The van der Waals surface area contributed by atoms with Gasteiger partial charge in [-0.05, 0) is 0 Å². The van der Waals surface area contributed by atoms with Crippen LogP contribution in [0.3, 0.4) is 0 Å². The Kier molecular flexibility index (Phi) is 2.28. The lowest BCUT2D eigenvalue weighted by atomic mass is 10.4. The first-order chi connectivity index (χ1) is 6.78. The largest absolute Gasteiger partial charge is 0.390 e. The molecule has 0 aromatic carbocycles. The van der Waals surface area contributed by atoms with E-state index in [-0.39, 0.29) is 6.61 Å². The van der Waals surface area contributed by atoms with Gasteiger partial charge < -0.3 is 9.67 Å². The fraction of sp³-hybridized carbons (Fsp3) is 0.375. The molecule has 0 saturated heterocycles. The second-order valence-corrected chi connectivity index (χ2v) is 3.02. The van der Waals surface area contributed by atoms with Crippen LogP contribution < -0.4 is 0 Å². The van der Waals surface area contributed by atoms with Gasteiger partial charge in [-0.1, -0.05) is 0 Å². The van der Waals surface area contributed by atoms with Crippen molar-refractivity contribution in [3.8, 4) is 0 Å². The van der Waals surface area contributed by atoms with E-state index in [0.717, 1.165) is 5.69 Å². The summed E-state index contributed by atoms with van der Waals surface area (Å²) in [6.07, 6.45) is 5.16. The van der Waals surface area contributed by atoms with Crippen LogP contribution in [-0.4, -0.2) is 29.7 Å². The minimum Gasteiger partial charge on any atom is -0.390 e. The molecule has 1 N–H and O–H groups in total. The van der Waals surface area contributed by atoms with E-state index in [0.29, 0.717) is 12.2 Å². The Morgan fingerprint density at radius 3 is 2.86 bits per heavy atom. The topological polar surface area (TPSA) is 68.8 Å². The Hall–Kier alpha value is -1.69. The number of aromatic nitrogens is 5. The summed E-state index contributed by atoms with van der Waals surface area (Å²) in [6, 6.07) is 0. The summed E-state index contributed by atoms with van der Waals surface area (Å²) >= 11 is 0. The van der Waals surface area contributed by atoms with Crippen LogP contribution in [0.15, 0.2) is 18.7 Å². The molecule has 0 saturated carbocycles. The van der Waals surface area contributed by atoms with Crippen molar-refractivity contribution in [2.24, 2.45) is 7.05 Å². The van der Waals surface area contributed by atoms with Crippen LogP contribution in [0.5, 0.6) is 0 Å². The molecule has 0 aliphatic heterocycles. The number of hydrogen-bond acceptors (Lipinski definition) is 4.